The largest absolute Gasteiger partial charge is 0.487 e. The van der Waals surface area contributed by atoms with Crippen LogP contribution in [0.4, 0.5) is 4.39 Å². The van der Waals surface area contributed by atoms with Crippen molar-refractivity contribution in [3.8, 4) is 5.75 Å². The van der Waals surface area contributed by atoms with Crippen molar-refractivity contribution in [2.24, 2.45) is 4.99 Å². The van der Waals surface area contributed by atoms with E-state index in [4.69, 9.17) is 14.5 Å². The van der Waals surface area contributed by atoms with Crippen LogP contribution in [0.2, 0.25) is 0 Å². The highest BCUT2D eigenvalue weighted by molar-refractivity contribution is 14.1. The van der Waals surface area contributed by atoms with Crippen LogP contribution >= 0.6 is 68.3 Å². The second kappa shape index (κ2) is 14.9. The topological polar surface area (TPSA) is 69.9 Å². The quantitative estimate of drug-likeness (QED) is 0.0868. The maximum atomic E-state index is 14.3. The van der Waals surface area contributed by atoms with Gasteiger partial charge < -0.3 is 9.47 Å². The zero-order chi connectivity index (χ0) is 33.1. The summed E-state index contributed by atoms with van der Waals surface area (Å²) in [7, 11) is 0. The molecule has 1 aliphatic heterocycles. The number of benzene rings is 4. The summed E-state index contributed by atoms with van der Waals surface area (Å²) in [5.41, 5.74) is 3.80. The highest BCUT2D eigenvalue weighted by Crippen LogP contribution is 2.36. The van der Waals surface area contributed by atoms with E-state index in [1.807, 2.05) is 79.1 Å². The Labute approximate surface area is 306 Å². The Balaban J connectivity index is 1.47. The Kier molecular flexibility index (Phi) is 10.6. The number of esters is 1. The molecule has 2 heterocycles. The van der Waals surface area contributed by atoms with E-state index in [0.29, 0.717) is 27.2 Å². The normalized spacial score (nSPS) is 14.5. The zero-order valence-corrected chi connectivity index (χ0v) is 31.2. The Morgan fingerprint density at radius 2 is 1.70 bits per heavy atom. The van der Waals surface area contributed by atoms with Crippen LogP contribution < -0.4 is 19.6 Å². The van der Waals surface area contributed by atoms with Crippen molar-refractivity contribution in [1.29, 1.82) is 0 Å². The summed E-state index contributed by atoms with van der Waals surface area (Å²) in [6, 6.07) is 26.8. The molecule has 0 radical (unpaired) electrons. The van der Waals surface area contributed by atoms with Crippen LogP contribution in [0.5, 0.6) is 5.75 Å². The smallest absolute Gasteiger partial charge is 0.338 e. The van der Waals surface area contributed by atoms with Gasteiger partial charge in [-0.3, -0.25) is 9.36 Å². The van der Waals surface area contributed by atoms with Crippen molar-refractivity contribution in [3.05, 3.63) is 151 Å². The number of carbonyl (C=O) groups excluding carboxylic acids is 1. The number of ether oxygens (including phenoxy) is 2. The predicted molar refractivity (Wildman–Crippen MR) is 202 cm³/mol. The van der Waals surface area contributed by atoms with Crippen LogP contribution in [0.25, 0.3) is 11.8 Å². The summed E-state index contributed by atoms with van der Waals surface area (Å²) < 4.78 is 28.8. The fourth-order valence-electron chi connectivity index (χ4n) is 5.23. The minimum atomic E-state index is -0.735. The monoisotopic (exact) mass is 888 g/mol. The van der Waals surface area contributed by atoms with Crippen LogP contribution in [0.1, 0.15) is 35.2 Å². The summed E-state index contributed by atoms with van der Waals surface area (Å²) in [5, 5.41) is 0. The molecule has 0 bridgehead atoms. The van der Waals surface area contributed by atoms with Gasteiger partial charge in [0.1, 0.15) is 18.2 Å². The van der Waals surface area contributed by atoms with E-state index in [9.17, 15) is 14.0 Å². The average Bonchev–Trinajstić information content (AvgIpc) is 3.38. The van der Waals surface area contributed by atoms with Crippen molar-refractivity contribution in [1.82, 2.24) is 4.57 Å². The standard InChI is InChI=1S/C36H27FI2N2O4S2/c1-3-44-35(43)30-31(23-7-5-4-6-8-23)40-36-41(32(30)24-11-15-26(46-2)16-12-24)34(42)29(47-36)19-22-17-27(38)33(28(39)18-22)45-20-21-9-13-25(37)14-10-21/h4-19,32H,3,20H2,1-2H3/b29-19-/t32-/m0/s1. The number of rotatable bonds is 9. The molecule has 1 atom stereocenters. The van der Waals surface area contributed by atoms with Crippen LogP contribution in [-0.4, -0.2) is 23.4 Å². The fourth-order valence-corrected chi connectivity index (χ4v) is 8.77. The van der Waals surface area contributed by atoms with E-state index in [2.05, 4.69) is 45.2 Å². The third kappa shape index (κ3) is 7.27. The predicted octanol–water partition coefficient (Wildman–Crippen LogP) is 7.58. The zero-order valence-electron chi connectivity index (χ0n) is 25.2. The number of halogens is 3. The van der Waals surface area contributed by atoms with Crippen LogP contribution in [-0.2, 0) is 16.1 Å². The highest BCUT2D eigenvalue weighted by Gasteiger charge is 2.35. The van der Waals surface area contributed by atoms with Gasteiger partial charge in [-0.1, -0.05) is 65.9 Å². The summed E-state index contributed by atoms with van der Waals surface area (Å²) in [6.07, 6.45) is 3.85. The lowest BCUT2D eigenvalue weighted by Crippen LogP contribution is -2.40. The highest BCUT2D eigenvalue weighted by atomic mass is 127. The first kappa shape index (κ1) is 33.6. The van der Waals surface area contributed by atoms with Gasteiger partial charge in [0.25, 0.3) is 5.56 Å². The second-order valence-electron chi connectivity index (χ2n) is 10.4. The third-order valence-electron chi connectivity index (χ3n) is 7.42. The molecular weight excluding hydrogens is 861 g/mol. The molecule has 0 saturated heterocycles. The molecule has 47 heavy (non-hydrogen) atoms. The van der Waals surface area contributed by atoms with Crippen molar-refractivity contribution in [3.63, 3.8) is 0 Å². The third-order valence-corrected chi connectivity index (χ3v) is 10.7. The van der Waals surface area contributed by atoms with E-state index in [0.717, 1.165) is 40.0 Å². The molecule has 238 valence electrons. The van der Waals surface area contributed by atoms with Crippen molar-refractivity contribution in [2.75, 3.05) is 12.9 Å². The number of thioether (sulfide) groups is 1. The van der Waals surface area contributed by atoms with E-state index in [-0.39, 0.29) is 18.0 Å². The molecule has 0 N–H and O–H groups in total. The molecule has 0 spiro atoms. The van der Waals surface area contributed by atoms with Crippen LogP contribution in [0.15, 0.2) is 111 Å². The molecular formula is C36H27FI2N2O4S2. The molecule has 0 aliphatic carbocycles. The Bertz CT molecular complexity index is 2140. The van der Waals surface area contributed by atoms with E-state index in [1.54, 1.807) is 35.4 Å². The number of fused-ring (bicyclic) bond motifs is 1. The molecule has 0 saturated carbocycles. The molecule has 0 fully saturated rings. The van der Waals surface area contributed by atoms with Gasteiger partial charge >= 0.3 is 5.97 Å². The Morgan fingerprint density at radius 3 is 2.34 bits per heavy atom. The van der Waals surface area contributed by atoms with Crippen molar-refractivity contribution >= 4 is 86.0 Å². The average molecular weight is 889 g/mol. The first-order valence-electron chi connectivity index (χ1n) is 14.6. The first-order chi connectivity index (χ1) is 22.8. The first-order valence-corrected chi connectivity index (χ1v) is 18.8. The summed E-state index contributed by atoms with van der Waals surface area (Å²) in [4.78, 5) is 34.4. The minimum absolute atomic E-state index is 0.188. The maximum absolute atomic E-state index is 14.3. The summed E-state index contributed by atoms with van der Waals surface area (Å²) >= 11 is 7.35. The van der Waals surface area contributed by atoms with E-state index >= 15 is 0 Å². The molecule has 0 unspecified atom stereocenters. The maximum Gasteiger partial charge on any atom is 0.338 e. The lowest BCUT2D eigenvalue weighted by Gasteiger charge is -2.26. The molecule has 0 amide bonds. The van der Waals surface area contributed by atoms with Gasteiger partial charge in [0.15, 0.2) is 4.80 Å². The van der Waals surface area contributed by atoms with Gasteiger partial charge in [-0.2, -0.15) is 0 Å². The SMILES string of the molecule is CCOC(=O)C1=C(c2ccccc2)N=c2s/c(=C\c3cc(I)c(OCc4ccc(F)cc4)c(I)c3)c(=O)n2[C@H]1c1ccc(SC)cc1. The Morgan fingerprint density at radius 1 is 1.02 bits per heavy atom. The van der Waals surface area contributed by atoms with Gasteiger partial charge in [0.2, 0.25) is 0 Å². The van der Waals surface area contributed by atoms with Crippen molar-refractivity contribution < 1.29 is 18.7 Å². The van der Waals surface area contributed by atoms with Gasteiger partial charge in [-0.15, -0.1) is 11.8 Å². The van der Waals surface area contributed by atoms with Gasteiger partial charge in [0.05, 0.1) is 35.6 Å². The van der Waals surface area contributed by atoms with Gasteiger partial charge in [0, 0.05) is 10.5 Å². The molecule has 4 aromatic carbocycles. The van der Waals surface area contributed by atoms with Crippen molar-refractivity contribution in [2.45, 2.75) is 24.5 Å². The molecule has 1 aromatic heterocycles. The van der Waals surface area contributed by atoms with Gasteiger partial charge in [-0.25, -0.2) is 14.2 Å². The summed E-state index contributed by atoms with van der Waals surface area (Å²) in [6.45, 7) is 2.25. The second-order valence-corrected chi connectivity index (χ2v) is 14.6. The number of aromatic nitrogens is 1. The number of nitrogens with zero attached hydrogens (tertiary/aromatic N) is 2. The lowest BCUT2D eigenvalue weighted by molar-refractivity contribution is -0.138. The number of thiazole rings is 1. The van der Waals surface area contributed by atoms with E-state index < -0.39 is 12.0 Å². The number of hydrogen-bond donors (Lipinski definition) is 0. The van der Waals surface area contributed by atoms with Gasteiger partial charge in [-0.05, 0) is 118 Å². The number of hydrogen-bond acceptors (Lipinski definition) is 7. The molecule has 6 nitrogen and oxygen atoms in total. The molecule has 5 aromatic rings. The van der Waals surface area contributed by atoms with Crippen LogP contribution in [0.3, 0.4) is 0 Å². The summed E-state index contributed by atoms with van der Waals surface area (Å²) in [5.74, 6) is -0.0844. The van der Waals surface area contributed by atoms with Crippen LogP contribution in [0, 0.1) is 13.0 Å². The minimum Gasteiger partial charge on any atom is -0.487 e. The fraction of sp³-hybridized carbons (Fsp3) is 0.139. The molecule has 11 heteroatoms. The molecule has 1 aliphatic rings. The Hall–Kier alpha value is -3.27. The lowest BCUT2D eigenvalue weighted by atomic mass is 9.93. The molecule has 6 rings (SSSR count). The number of carbonyl (C=O) groups is 1. The van der Waals surface area contributed by atoms with E-state index in [1.165, 1.54) is 23.5 Å².